The molecule has 0 radical (unpaired) electrons. The third-order valence-corrected chi connectivity index (χ3v) is 5.13. The van der Waals surface area contributed by atoms with Crippen molar-refractivity contribution >= 4 is 0 Å². The number of nitrogens with one attached hydrogen (secondary N) is 2. The van der Waals surface area contributed by atoms with E-state index in [1.165, 1.54) is 64.3 Å². The lowest BCUT2D eigenvalue weighted by Crippen LogP contribution is -3.29. The van der Waals surface area contributed by atoms with Crippen LogP contribution in [0.15, 0.2) is 24.3 Å². The molecule has 2 fully saturated rings. The number of halogens is 1. The van der Waals surface area contributed by atoms with E-state index in [9.17, 15) is 4.39 Å². The lowest BCUT2D eigenvalue weighted by atomic mass is 9.94. The first kappa shape index (κ1) is 14.0. The lowest BCUT2D eigenvalue weighted by Gasteiger charge is -2.36. The van der Waals surface area contributed by atoms with Crippen LogP contribution in [0.2, 0.25) is 0 Å². The Labute approximate surface area is 121 Å². The van der Waals surface area contributed by atoms with Crippen LogP contribution in [-0.2, 0) is 6.54 Å². The summed E-state index contributed by atoms with van der Waals surface area (Å²) >= 11 is 0. The Morgan fingerprint density at radius 2 is 1.75 bits per heavy atom. The fourth-order valence-corrected chi connectivity index (χ4v) is 3.96. The summed E-state index contributed by atoms with van der Waals surface area (Å²) in [5.41, 5.74) is 1.14. The van der Waals surface area contributed by atoms with Crippen LogP contribution in [0.3, 0.4) is 0 Å². The molecule has 1 aromatic rings. The molecule has 1 heterocycles. The van der Waals surface area contributed by atoms with Gasteiger partial charge in [0.25, 0.3) is 0 Å². The maximum absolute atomic E-state index is 13.2. The van der Waals surface area contributed by atoms with Crippen molar-refractivity contribution in [1.29, 1.82) is 0 Å². The number of benzene rings is 1. The second kappa shape index (κ2) is 6.68. The molecule has 0 atom stereocenters. The zero-order chi connectivity index (χ0) is 13.8. The summed E-state index contributed by atoms with van der Waals surface area (Å²) in [7, 11) is 0. The molecule has 0 aromatic heterocycles. The van der Waals surface area contributed by atoms with Gasteiger partial charge in [-0.3, -0.25) is 0 Å². The van der Waals surface area contributed by atoms with Crippen LogP contribution in [0.4, 0.5) is 4.39 Å². The molecule has 2 N–H and O–H groups in total. The minimum absolute atomic E-state index is 0.103. The van der Waals surface area contributed by atoms with Crippen molar-refractivity contribution < 1.29 is 14.2 Å². The second-order valence-electron chi connectivity index (χ2n) is 6.55. The molecule has 110 valence electrons. The molecule has 1 aliphatic carbocycles. The summed E-state index contributed by atoms with van der Waals surface area (Å²) < 4.78 is 13.2. The van der Waals surface area contributed by atoms with Crippen molar-refractivity contribution in [2.45, 2.75) is 44.7 Å². The Bertz CT molecular complexity index is 421. The predicted molar refractivity (Wildman–Crippen MR) is 78.4 cm³/mol. The Morgan fingerprint density at radius 3 is 2.45 bits per heavy atom. The van der Waals surface area contributed by atoms with Crippen molar-refractivity contribution in [2.75, 3.05) is 26.2 Å². The summed E-state index contributed by atoms with van der Waals surface area (Å²) in [5, 5.41) is 0. The first-order valence-electron chi connectivity index (χ1n) is 8.24. The smallest absolute Gasteiger partial charge is 0.127 e. The van der Waals surface area contributed by atoms with Gasteiger partial charge < -0.3 is 9.80 Å². The van der Waals surface area contributed by atoms with Crippen molar-refractivity contribution in [1.82, 2.24) is 0 Å². The molecule has 1 aromatic carbocycles. The third kappa shape index (κ3) is 3.58. The highest BCUT2D eigenvalue weighted by Crippen LogP contribution is 2.15. The van der Waals surface area contributed by atoms with Crippen LogP contribution in [0.25, 0.3) is 0 Å². The Morgan fingerprint density at radius 1 is 1.00 bits per heavy atom. The highest BCUT2D eigenvalue weighted by atomic mass is 19.1. The zero-order valence-electron chi connectivity index (χ0n) is 12.3. The van der Waals surface area contributed by atoms with Crippen LogP contribution in [0.5, 0.6) is 0 Å². The van der Waals surface area contributed by atoms with Gasteiger partial charge in [-0.15, -0.1) is 0 Å². The van der Waals surface area contributed by atoms with Crippen LogP contribution in [0, 0.1) is 5.82 Å². The van der Waals surface area contributed by atoms with E-state index in [4.69, 9.17) is 0 Å². The summed E-state index contributed by atoms with van der Waals surface area (Å²) in [6.45, 7) is 6.06. The largest absolute Gasteiger partial charge is 0.323 e. The van der Waals surface area contributed by atoms with Crippen LogP contribution in [-0.4, -0.2) is 32.2 Å². The minimum atomic E-state index is -0.103. The van der Waals surface area contributed by atoms with Gasteiger partial charge >= 0.3 is 0 Å². The molecule has 0 spiro atoms. The van der Waals surface area contributed by atoms with E-state index in [2.05, 4.69) is 6.07 Å². The number of hydrogen-bond acceptors (Lipinski definition) is 0. The number of hydrogen-bond donors (Lipinski definition) is 2. The van der Waals surface area contributed by atoms with Crippen molar-refractivity contribution in [3.05, 3.63) is 35.6 Å². The van der Waals surface area contributed by atoms with E-state index in [1.807, 2.05) is 11.0 Å². The zero-order valence-corrected chi connectivity index (χ0v) is 12.3. The van der Waals surface area contributed by atoms with E-state index < -0.39 is 0 Å². The summed E-state index contributed by atoms with van der Waals surface area (Å²) in [6, 6.07) is 8.03. The van der Waals surface area contributed by atoms with E-state index in [0.29, 0.717) is 0 Å². The molecule has 0 amide bonds. The maximum Gasteiger partial charge on any atom is 0.127 e. The van der Waals surface area contributed by atoms with E-state index in [-0.39, 0.29) is 5.82 Å². The van der Waals surface area contributed by atoms with Crippen molar-refractivity contribution in [3.8, 4) is 0 Å². The fourth-order valence-electron chi connectivity index (χ4n) is 3.96. The predicted octanol–water partition coefficient (Wildman–Crippen LogP) is 0.442. The van der Waals surface area contributed by atoms with Crippen LogP contribution < -0.4 is 9.80 Å². The van der Waals surface area contributed by atoms with Gasteiger partial charge in [-0.25, -0.2) is 4.39 Å². The molecular weight excluding hydrogens is 251 g/mol. The average Bonchev–Trinajstić information content (AvgIpc) is 2.49. The monoisotopic (exact) mass is 278 g/mol. The Hall–Kier alpha value is -0.930. The van der Waals surface area contributed by atoms with E-state index >= 15 is 0 Å². The number of quaternary nitrogens is 2. The third-order valence-electron chi connectivity index (χ3n) is 5.13. The van der Waals surface area contributed by atoms with Crippen LogP contribution >= 0.6 is 0 Å². The Kier molecular flexibility index (Phi) is 4.69. The molecule has 2 nitrogen and oxygen atoms in total. The molecule has 20 heavy (non-hydrogen) atoms. The van der Waals surface area contributed by atoms with Gasteiger partial charge in [-0.1, -0.05) is 18.6 Å². The summed E-state index contributed by atoms with van der Waals surface area (Å²) in [4.78, 5) is 3.46. The second-order valence-corrected chi connectivity index (χ2v) is 6.55. The van der Waals surface area contributed by atoms with Gasteiger partial charge in [0.2, 0.25) is 0 Å². The molecule has 3 rings (SSSR count). The average molecular weight is 278 g/mol. The van der Waals surface area contributed by atoms with Gasteiger partial charge in [0.1, 0.15) is 38.5 Å². The quantitative estimate of drug-likeness (QED) is 0.794. The molecular formula is C17H27FN2+2. The maximum atomic E-state index is 13.2. The first-order valence-corrected chi connectivity index (χ1v) is 8.24. The lowest BCUT2D eigenvalue weighted by molar-refractivity contribution is -1.03. The van der Waals surface area contributed by atoms with Crippen LogP contribution in [0.1, 0.15) is 37.7 Å². The molecule has 0 unspecified atom stereocenters. The fraction of sp³-hybridized carbons (Fsp3) is 0.647. The van der Waals surface area contributed by atoms with E-state index in [0.717, 1.165) is 18.2 Å². The van der Waals surface area contributed by atoms with Crippen molar-refractivity contribution in [2.24, 2.45) is 0 Å². The number of rotatable bonds is 3. The Balaban J connectivity index is 1.48. The molecule has 2 aliphatic rings. The highest BCUT2D eigenvalue weighted by molar-refractivity contribution is 5.14. The number of piperazine rings is 1. The van der Waals surface area contributed by atoms with Gasteiger partial charge in [-0.05, 0) is 37.8 Å². The molecule has 1 saturated carbocycles. The SMILES string of the molecule is Fc1cccc(C[NH+]2CC[NH+](C3CCCCC3)CC2)c1. The minimum Gasteiger partial charge on any atom is -0.323 e. The highest BCUT2D eigenvalue weighted by Gasteiger charge is 2.30. The van der Waals surface area contributed by atoms with Gasteiger partial charge in [0, 0.05) is 5.56 Å². The van der Waals surface area contributed by atoms with Gasteiger partial charge in [-0.2, -0.15) is 0 Å². The summed E-state index contributed by atoms with van der Waals surface area (Å²) in [6.07, 6.45) is 7.20. The molecule has 1 saturated heterocycles. The summed E-state index contributed by atoms with van der Waals surface area (Å²) in [5.74, 6) is -0.103. The van der Waals surface area contributed by atoms with Gasteiger partial charge in [0.15, 0.2) is 0 Å². The standard InChI is InChI=1S/C17H25FN2/c18-16-6-4-5-15(13-16)14-19-9-11-20(12-10-19)17-7-2-1-3-8-17/h4-6,13,17H,1-3,7-12,14H2/p+2. The normalized spacial score (nSPS) is 28.4. The van der Waals surface area contributed by atoms with Crippen molar-refractivity contribution in [3.63, 3.8) is 0 Å². The first-order chi connectivity index (χ1) is 9.81. The molecule has 1 aliphatic heterocycles. The van der Waals surface area contributed by atoms with Gasteiger partial charge in [0.05, 0.1) is 6.04 Å². The topological polar surface area (TPSA) is 8.88 Å². The molecule has 0 bridgehead atoms. The molecule has 3 heteroatoms. The van der Waals surface area contributed by atoms with E-state index in [1.54, 1.807) is 11.0 Å².